The number of halogens is 2. The van der Waals surface area contributed by atoms with Gasteiger partial charge in [0.05, 0.1) is 15.6 Å². The molecule has 3 nitrogen and oxygen atoms in total. The maximum absolute atomic E-state index is 13.9. The maximum Gasteiger partial charge on any atom is 0.145 e. The average molecular weight is 314 g/mol. The van der Waals surface area contributed by atoms with Gasteiger partial charge in [0, 0.05) is 11.5 Å². The second-order valence-electron chi connectivity index (χ2n) is 5.76. The lowest BCUT2D eigenvalue weighted by Crippen LogP contribution is -2.20. The molecule has 1 aromatic carbocycles. The highest BCUT2D eigenvalue weighted by Gasteiger charge is 2.26. The van der Waals surface area contributed by atoms with Gasteiger partial charge in [0.15, 0.2) is 0 Å². The second-order valence-corrected chi connectivity index (χ2v) is 6.95. The van der Waals surface area contributed by atoms with Crippen molar-refractivity contribution < 1.29 is 4.39 Å². The van der Waals surface area contributed by atoms with Crippen molar-refractivity contribution in [3.05, 3.63) is 45.2 Å². The van der Waals surface area contributed by atoms with E-state index in [4.69, 9.17) is 17.3 Å². The lowest BCUT2D eigenvalue weighted by atomic mass is 9.89. The molecule has 0 saturated carbocycles. The molecule has 6 heteroatoms. The van der Waals surface area contributed by atoms with Gasteiger partial charge in [-0.05, 0) is 29.6 Å². The Balaban J connectivity index is 2.27. The molecule has 0 aliphatic carbocycles. The molecule has 1 heterocycles. The Kier molecular flexibility index (Phi) is 4.42. The van der Waals surface area contributed by atoms with Crippen molar-refractivity contribution in [3.63, 3.8) is 0 Å². The summed E-state index contributed by atoms with van der Waals surface area (Å²) in [5.41, 5.74) is 7.46. The van der Waals surface area contributed by atoms with E-state index in [0.29, 0.717) is 12.0 Å². The van der Waals surface area contributed by atoms with Crippen LogP contribution < -0.4 is 5.73 Å². The summed E-state index contributed by atoms with van der Waals surface area (Å²) in [7, 11) is 0. The third kappa shape index (κ3) is 3.16. The van der Waals surface area contributed by atoms with Crippen LogP contribution in [0.4, 0.5) is 4.39 Å². The molecule has 1 atom stereocenters. The molecular formula is C14H17ClFN3S. The molecule has 2 rings (SSSR count). The van der Waals surface area contributed by atoms with Crippen LogP contribution in [-0.4, -0.2) is 9.59 Å². The molecule has 2 aromatic rings. The zero-order valence-corrected chi connectivity index (χ0v) is 13.2. The van der Waals surface area contributed by atoms with Gasteiger partial charge in [0.2, 0.25) is 0 Å². The molecule has 0 radical (unpaired) electrons. The first-order chi connectivity index (χ1) is 9.30. The van der Waals surface area contributed by atoms with Gasteiger partial charge in [-0.3, -0.25) is 0 Å². The number of hydrogen-bond donors (Lipinski definition) is 1. The SMILES string of the molecule is CC(C)(C)c1nnsc1C(N)Cc1cccc(Cl)c1F. The van der Waals surface area contributed by atoms with Crippen molar-refractivity contribution in [1.82, 2.24) is 9.59 Å². The Morgan fingerprint density at radius 1 is 1.40 bits per heavy atom. The van der Waals surface area contributed by atoms with E-state index in [0.717, 1.165) is 10.6 Å². The summed E-state index contributed by atoms with van der Waals surface area (Å²) in [6.07, 6.45) is 0.374. The number of hydrogen-bond acceptors (Lipinski definition) is 4. The van der Waals surface area contributed by atoms with E-state index < -0.39 is 5.82 Å². The van der Waals surface area contributed by atoms with Crippen LogP contribution in [0.5, 0.6) is 0 Å². The summed E-state index contributed by atoms with van der Waals surface area (Å²) in [5.74, 6) is -0.403. The topological polar surface area (TPSA) is 51.8 Å². The summed E-state index contributed by atoms with van der Waals surface area (Å²) in [6, 6.07) is 4.62. The fourth-order valence-corrected chi connectivity index (χ4v) is 3.05. The van der Waals surface area contributed by atoms with Crippen molar-refractivity contribution in [2.75, 3.05) is 0 Å². The summed E-state index contributed by atoms with van der Waals surface area (Å²) in [6.45, 7) is 6.17. The van der Waals surface area contributed by atoms with Gasteiger partial charge in [-0.25, -0.2) is 4.39 Å². The van der Waals surface area contributed by atoms with E-state index in [1.54, 1.807) is 12.1 Å². The number of benzene rings is 1. The van der Waals surface area contributed by atoms with Gasteiger partial charge in [-0.1, -0.05) is 49.0 Å². The maximum atomic E-state index is 13.9. The predicted octanol–water partition coefficient (Wildman–Crippen LogP) is 3.87. The monoisotopic (exact) mass is 313 g/mol. The van der Waals surface area contributed by atoms with Crippen LogP contribution in [0.2, 0.25) is 5.02 Å². The molecule has 1 aromatic heterocycles. The van der Waals surface area contributed by atoms with E-state index in [1.165, 1.54) is 17.6 Å². The minimum atomic E-state index is -0.403. The molecule has 108 valence electrons. The Labute approximate surface area is 127 Å². The molecule has 0 amide bonds. The number of rotatable bonds is 3. The Morgan fingerprint density at radius 2 is 2.10 bits per heavy atom. The van der Waals surface area contributed by atoms with Crippen LogP contribution in [-0.2, 0) is 11.8 Å². The van der Waals surface area contributed by atoms with Crippen LogP contribution in [0.15, 0.2) is 18.2 Å². The molecule has 2 N–H and O–H groups in total. The van der Waals surface area contributed by atoms with Gasteiger partial charge in [0.25, 0.3) is 0 Å². The van der Waals surface area contributed by atoms with Crippen molar-refractivity contribution in [2.45, 2.75) is 38.6 Å². The normalized spacial score (nSPS) is 13.5. The average Bonchev–Trinajstić information content (AvgIpc) is 2.84. The minimum absolute atomic E-state index is 0.119. The van der Waals surface area contributed by atoms with Gasteiger partial charge in [0.1, 0.15) is 5.82 Å². The molecule has 0 fully saturated rings. The van der Waals surface area contributed by atoms with Gasteiger partial charge in [-0.2, -0.15) is 0 Å². The quantitative estimate of drug-likeness (QED) is 0.935. The number of nitrogens with zero attached hydrogens (tertiary/aromatic N) is 2. The van der Waals surface area contributed by atoms with Crippen LogP contribution in [0, 0.1) is 5.82 Å². The van der Waals surface area contributed by atoms with Crippen molar-refractivity contribution in [1.29, 1.82) is 0 Å². The Morgan fingerprint density at radius 3 is 2.75 bits per heavy atom. The van der Waals surface area contributed by atoms with Crippen molar-refractivity contribution in [2.24, 2.45) is 5.73 Å². The van der Waals surface area contributed by atoms with Gasteiger partial charge in [-0.15, -0.1) is 5.10 Å². The summed E-state index contributed by atoms with van der Waals surface area (Å²) in [4.78, 5) is 0.900. The fraction of sp³-hybridized carbons (Fsp3) is 0.429. The molecule has 0 aliphatic heterocycles. The lowest BCUT2D eigenvalue weighted by molar-refractivity contribution is 0.546. The fourth-order valence-electron chi connectivity index (χ4n) is 2.00. The first kappa shape index (κ1) is 15.4. The minimum Gasteiger partial charge on any atom is -0.323 e. The largest absolute Gasteiger partial charge is 0.323 e. The van der Waals surface area contributed by atoms with Gasteiger partial charge >= 0.3 is 0 Å². The molecular weight excluding hydrogens is 297 g/mol. The van der Waals surface area contributed by atoms with Crippen molar-refractivity contribution in [3.8, 4) is 0 Å². The smallest absolute Gasteiger partial charge is 0.145 e. The third-order valence-corrected chi connectivity index (χ3v) is 4.18. The summed E-state index contributed by atoms with van der Waals surface area (Å²) < 4.78 is 17.9. The third-order valence-electron chi connectivity index (χ3n) is 3.03. The molecule has 0 saturated heterocycles. The van der Waals surface area contributed by atoms with Crippen molar-refractivity contribution >= 4 is 23.1 Å². The molecule has 0 bridgehead atoms. The highest BCUT2D eigenvalue weighted by molar-refractivity contribution is 7.05. The van der Waals surface area contributed by atoms with E-state index in [2.05, 4.69) is 30.4 Å². The van der Waals surface area contributed by atoms with Crippen LogP contribution >= 0.6 is 23.1 Å². The zero-order valence-electron chi connectivity index (χ0n) is 11.7. The molecule has 1 unspecified atom stereocenters. The van der Waals surface area contributed by atoms with E-state index in [1.807, 2.05) is 0 Å². The zero-order chi connectivity index (χ0) is 14.9. The number of nitrogens with two attached hydrogens (primary N) is 1. The molecule has 20 heavy (non-hydrogen) atoms. The van der Waals surface area contributed by atoms with E-state index in [9.17, 15) is 4.39 Å². The highest BCUT2D eigenvalue weighted by atomic mass is 35.5. The highest BCUT2D eigenvalue weighted by Crippen LogP contribution is 2.31. The molecule has 0 aliphatic rings. The second kappa shape index (κ2) is 5.76. The summed E-state index contributed by atoms with van der Waals surface area (Å²) >= 11 is 7.06. The molecule has 0 spiro atoms. The summed E-state index contributed by atoms with van der Waals surface area (Å²) in [5, 5.41) is 4.28. The van der Waals surface area contributed by atoms with E-state index in [-0.39, 0.29) is 16.5 Å². The first-order valence-corrected chi connectivity index (χ1v) is 7.47. The van der Waals surface area contributed by atoms with Crippen LogP contribution in [0.3, 0.4) is 0 Å². The number of aromatic nitrogens is 2. The predicted molar refractivity (Wildman–Crippen MR) is 80.7 cm³/mol. The lowest BCUT2D eigenvalue weighted by Gasteiger charge is -2.19. The van der Waals surface area contributed by atoms with Crippen LogP contribution in [0.1, 0.15) is 42.9 Å². The first-order valence-electron chi connectivity index (χ1n) is 6.32. The Hall–Kier alpha value is -1.04. The van der Waals surface area contributed by atoms with Gasteiger partial charge < -0.3 is 5.73 Å². The Bertz CT molecular complexity index is 607. The van der Waals surface area contributed by atoms with E-state index >= 15 is 0 Å². The standard InChI is InChI=1S/C14H17ClFN3S/c1-14(2,3)13-12(20-19-18-13)10(17)7-8-5-4-6-9(15)11(8)16/h4-6,10H,7,17H2,1-3H3. The van der Waals surface area contributed by atoms with Crippen LogP contribution in [0.25, 0.3) is 0 Å².